The van der Waals surface area contributed by atoms with Crippen LogP contribution in [0.4, 0.5) is 10.1 Å². The second-order valence-electron chi connectivity index (χ2n) is 12.8. The zero-order chi connectivity index (χ0) is 28.7. The number of nitrogens with zero attached hydrogens (tertiary/aromatic N) is 1. The minimum Gasteiger partial charge on any atom is -0.460 e. The molecule has 0 spiro atoms. The molecule has 37 heavy (non-hydrogen) atoms. The molecule has 2 aliphatic heterocycles. The van der Waals surface area contributed by atoms with Gasteiger partial charge in [-0.15, -0.1) is 0 Å². The van der Waals surface area contributed by atoms with Gasteiger partial charge in [0.1, 0.15) is 11.4 Å². The fraction of sp³-hybridized carbons (Fsp3) is 0.679. The van der Waals surface area contributed by atoms with E-state index in [1.165, 1.54) is 6.07 Å². The molecule has 2 amide bonds. The average Bonchev–Trinajstić information content (AvgIpc) is 2.75. The third kappa shape index (κ3) is 7.19. The van der Waals surface area contributed by atoms with Crippen molar-refractivity contribution in [1.29, 1.82) is 0 Å². The minimum atomic E-state index is -2.23. The number of esters is 1. The first-order valence-electron chi connectivity index (χ1n) is 13.6. The number of imide groups is 1. The number of carbonyl (C=O) groups is 3. The minimum absolute atomic E-state index is 0.0120. The Kier molecular flexibility index (Phi) is 7.86. The van der Waals surface area contributed by atoms with Gasteiger partial charge in [-0.1, -0.05) is 26.8 Å². The summed E-state index contributed by atoms with van der Waals surface area (Å²) < 4.78 is 36.5. The summed E-state index contributed by atoms with van der Waals surface area (Å²) in [5.41, 5.74) is -0.696. The first kappa shape index (κ1) is 27.8. The molecule has 1 atom stereocenters. The monoisotopic (exact) mass is 535 g/mol. The molecule has 1 unspecified atom stereocenters. The smallest absolute Gasteiger partial charge is 0.309 e. The summed E-state index contributed by atoms with van der Waals surface area (Å²) in [5.74, 6) is -3.67. The van der Waals surface area contributed by atoms with Crippen molar-refractivity contribution in [1.82, 2.24) is 5.32 Å². The number of halogens is 1. The molecule has 2 fully saturated rings. The van der Waals surface area contributed by atoms with E-state index < -0.39 is 43.0 Å². The van der Waals surface area contributed by atoms with Crippen LogP contribution in [0, 0.1) is 5.82 Å². The van der Waals surface area contributed by atoms with E-state index in [-0.39, 0.29) is 35.8 Å². The van der Waals surface area contributed by atoms with Crippen LogP contribution in [0.5, 0.6) is 0 Å². The van der Waals surface area contributed by atoms with Crippen LogP contribution in [0.15, 0.2) is 18.2 Å². The Morgan fingerprint density at radius 2 is 1.81 bits per heavy atom. The number of carbonyl (C=O) groups excluding carboxylic acids is 3. The highest BCUT2D eigenvalue weighted by molar-refractivity contribution is 6.74. The standard InChI is InChI=1S/C28H43FN2O5Si/c1-26(2,3)35-24(33)18-28(36-37(7,8)27(4,5)6)13-15-31(16-14-28)22-11-9-19(17-21(22)29)20-10-12-23(32)30-25(20)34/h9,11,17,20H,10,12-16,18H2,1-8H3,(H,30,32,34)/i20D. The van der Waals surface area contributed by atoms with Crippen LogP contribution >= 0.6 is 0 Å². The number of hydrogen-bond acceptors (Lipinski definition) is 6. The third-order valence-electron chi connectivity index (χ3n) is 7.60. The molecular formula is C28H43FN2O5Si. The molecule has 7 nitrogen and oxygen atoms in total. The molecule has 1 N–H and O–H groups in total. The summed E-state index contributed by atoms with van der Waals surface area (Å²) in [6.45, 7) is 17.3. The first-order chi connectivity index (χ1) is 17.3. The van der Waals surface area contributed by atoms with Gasteiger partial charge in [0.25, 0.3) is 0 Å². The largest absolute Gasteiger partial charge is 0.460 e. The Morgan fingerprint density at radius 3 is 2.32 bits per heavy atom. The fourth-order valence-corrected chi connectivity index (χ4v) is 6.31. The van der Waals surface area contributed by atoms with Gasteiger partial charge in [0, 0.05) is 20.9 Å². The van der Waals surface area contributed by atoms with E-state index in [0.29, 0.717) is 31.6 Å². The number of rotatable bonds is 6. The molecule has 9 heteroatoms. The second kappa shape index (κ2) is 10.5. The quantitative estimate of drug-likeness (QED) is 0.297. The van der Waals surface area contributed by atoms with Crippen LogP contribution in [-0.4, -0.2) is 50.4 Å². The maximum Gasteiger partial charge on any atom is 0.309 e. The normalized spacial score (nSPS) is 23.4. The van der Waals surface area contributed by atoms with Crippen LogP contribution in [0.3, 0.4) is 0 Å². The van der Waals surface area contributed by atoms with Gasteiger partial charge in [-0.2, -0.15) is 0 Å². The van der Waals surface area contributed by atoms with Crippen molar-refractivity contribution >= 4 is 31.8 Å². The van der Waals surface area contributed by atoms with E-state index in [4.69, 9.17) is 10.5 Å². The first-order valence-corrected chi connectivity index (χ1v) is 16.0. The maximum atomic E-state index is 15.4. The van der Waals surface area contributed by atoms with Crippen LogP contribution < -0.4 is 10.2 Å². The van der Waals surface area contributed by atoms with Crippen molar-refractivity contribution in [2.75, 3.05) is 18.0 Å². The van der Waals surface area contributed by atoms with Crippen molar-refractivity contribution in [3.63, 3.8) is 0 Å². The van der Waals surface area contributed by atoms with Crippen molar-refractivity contribution in [2.45, 2.75) is 109 Å². The number of piperidine rings is 2. The molecule has 1 aromatic rings. The van der Waals surface area contributed by atoms with Crippen LogP contribution in [0.2, 0.25) is 18.1 Å². The summed E-state index contributed by atoms with van der Waals surface area (Å²) >= 11 is 0. The molecule has 2 saturated heterocycles. The van der Waals surface area contributed by atoms with Gasteiger partial charge in [-0.05, 0) is 75.9 Å². The van der Waals surface area contributed by atoms with E-state index in [1.54, 1.807) is 12.1 Å². The molecule has 0 saturated carbocycles. The zero-order valence-electron chi connectivity index (χ0n) is 24.5. The summed E-state index contributed by atoms with van der Waals surface area (Å²) in [4.78, 5) is 38.7. The van der Waals surface area contributed by atoms with Crippen LogP contribution in [0.1, 0.15) is 86.5 Å². The lowest BCUT2D eigenvalue weighted by molar-refractivity contribution is -0.160. The molecular weight excluding hydrogens is 491 g/mol. The van der Waals surface area contributed by atoms with E-state index in [9.17, 15) is 14.4 Å². The summed E-state index contributed by atoms with van der Waals surface area (Å²) in [7, 11) is -2.23. The number of ether oxygens (including phenoxy) is 1. The summed E-state index contributed by atoms with van der Waals surface area (Å²) in [6.07, 6.45) is 1.26. The fourth-order valence-electron chi connectivity index (χ4n) is 4.65. The van der Waals surface area contributed by atoms with Gasteiger partial charge in [0.15, 0.2) is 8.32 Å². The average molecular weight is 536 g/mol. The zero-order valence-corrected chi connectivity index (χ0v) is 24.5. The van der Waals surface area contributed by atoms with Gasteiger partial charge in [-0.3, -0.25) is 19.7 Å². The number of anilines is 1. The topological polar surface area (TPSA) is 84.9 Å². The SMILES string of the molecule is [2H]C1(c2ccc(N3CCC(CC(=O)OC(C)(C)C)(O[Si](C)(C)C(C)(C)C)CC3)c(F)c2)CCC(=O)NC1=O. The molecule has 0 radical (unpaired) electrons. The predicted octanol–water partition coefficient (Wildman–Crippen LogP) is 5.44. The van der Waals surface area contributed by atoms with Crippen molar-refractivity contribution in [3.05, 3.63) is 29.6 Å². The molecule has 0 aromatic heterocycles. The second-order valence-corrected chi connectivity index (χ2v) is 17.5. The number of nitrogens with one attached hydrogen (secondary N) is 1. The highest BCUT2D eigenvalue weighted by Crippen LogP contribution is 2.44. The van der Waals surface area contributed by atoms with Gasteiger partial charge >= 0.3 is 5.97 Å². The Bertz CT molecular complexity index is 1090. The molecule has 0 aliphatic carbocycles. The van der Waals surface area contributed by atoms with Gasteiger partial charge < -0.3 is 14.1 Å². The lowest BCUT2D eigenvalue weighted by atomic mass is 9.87. The van der Waals surface area contributed by atoms with Gasteiger partial charge in [-0.25, -0.2) is 4.39 Å². The van der Waals surface area contributed by atoms with E-state index >= 15 is 4.39 Å². The van der Waals surface area contributed by atoms with Crippen molar-refractivity contribution in [3.8, 4) is 0 Å². The Morgan fingerprint density at radius 1 is 1.19 bits per heavy atom. The van der Waals surface area contributed by atoms with E-state index in [2.05, 4.69) is 39.2 Å². The Labute approximate surface area is 223 Å². The van der Waals surface area contributed by atoms with Gasteiger partial charge in [0.05, 0.1) is 23.6 Å². The third-order valence-corrected chi connectivity index (χ3v) is 12.2. The lowest BCUT2D eigenvalue weighted by Crippen LogP contribution is -2.55. The lowest BCUT2D eigenvalue weighted by Gasteiger charge is -2.49. The van der Waals surface area contributed by atoms with Crippen LogP contribution in [-0.2, 0) is 23.5 Å². The molecule has 3 rings (SSSR count). The molecule has 206 valence electrons. The van der Waals surface area contributed by atoms with Crippen LogP contribution in [0.25, 0.3) is 0 Å². The number of benzene rings is 1. The Hall–Kier alpha value is -2.26. The Balaban J connectivity index is 1.81. The highest BCUT2D eigenvalue weighted by atomic mass is 28.4. The molecule has 0 bridgehead atoms. The number of hydrogen-bond donors (Lipinski definition) is 1. The molecule has 2 heterocycles. The van der Waals surface area contributed by atoms with E-state index in [0.717, 1.165) is 0 Å². The maximum absolute atomic E-state index is 15.4. The molecule has 2 aliphatic rings. The van der Waals surface area contributed by atoms with Crippen molar-refractivity contribution < 1.29 is 29.3 Å². The predicted molar refractivity (Wildman–Crippen MR) is 144 cm³/mol. The van der Waals surface area contributed by atoms with E-state index in [1.807, 2.05) is 25.7 Å². The van der Waals surface area contributed by atoms with Gasteiger partial charge in [0.2, 0.25) is 11.8 Å². The highest BCUT2D eigenvalue weighted by Gasteiger charge is 2.47. The summed E-state index contributed by atoms with van der Waals surface area (Å²) in [6, 6.07) is 4.42. The molecule has 1 aromatic carbocycles. The summed E-state index contributed by atoms with van der Waals surface area (Å²) in [5, 5.41) is 2.14. The van der Waals surface area contributed by atoms with Crippen molar-refractivity contribution in [2.24, 2.45) is 0 Å². The number of amides is 2.